The molecule has 0 bridgehead atoms. The SMILES string of the molecule is c1ccc(-c2ccc(-c3nc(-c4c(-n5c6ccccc6c6cc7ccccc7cc65)ccc5oc6cc7ccccc7cc6c45)nc(-n4c5ccccc5c5ccccc54)n3)cc2)cc1. The average molecular weight is 830 g/mol. The van der Waals surface area contributed by atoms with Gasteiger partial charge in [0.1, 0.15) is 11.2 Å². The number of aromatic nitrogens is 5. The van der Waals surface area contributed by atoms with E-state index in [9.17, 15) is 0 Å². The summed E-state index contributed by atoms with van der Waals surface area (Å²) in [5.74, 6) is 1.65. The van der Waals surface area contributed by atoms with Crippen LogP contribution in [0.5, 0.6) is 0 Å². The monoisotopic (exact) mass is 829 g/mol. The van der Waals surface area contributed by atoms with Crippen molar-refractivity contribution in [3.63, 3.8) is 0 Å². The lowest BCUT2D eigenvalue weighted by molar-refractivity contribution is 0.669. The molecule has 0 aliphatic heterocycles. The predicted octanol–water partition coefficient (Wildman–Crippen LogP) is 15.3. The second-order valence-electron chi connectivity index (χ2n) is 16.8. The molecule has 0 fully saturated rings. The molecule has 0 atom stereocenters. The van der Waals surface area contributed by atoms with Gasteiger partial charge in [0.2, 0.25) is 5.95 Å². The second-order valence-corrected chi connectivity index (χ2v) is 16.8. The fourth-order valence-corrected chi connectivity index (χ4v) is 10.2. The van der Waals surface area contributed by atoms with Crippen LogP contribution >= 0.6 is 0 Å². The maximum absolute atomic E-state index is 6.83. The first kappa shape index (κ1) is 35.7. The predicted molar refractivity (Wildman–Crippen MR) is 267 cm³/mol. The lowest BCUT2D eigenvalue weighted by Crippen LogP contribution is -2.08. The number of para-hydroxylation sites is 3. The van der Waals surface area contributed by atoms with E-state index in [4.69, 9.17) is 19.4 Å². The molecule has 0 unspecified atom stereocenters. The van der Waals surface area contributed by atoms with E-state index in [1.54, 1.807) is 0 Å². The third kappa shape index (κ3) is 5.44. The molecule has 4 aromatic heterocycles. The zero-order valence-electron chi connectivity index (χ0n) is 34.9. The van der Waals surface area contributed by atoms with Crippen LogP contribution in [-0.2, 0) is 0 Å². The zero-order valence-corrected chi connectivity index (χ0v) is 34.9. The first-order valence-corrected chi connectivity index (χ1v) is 21.9. The highest BCUT2D eigenvalue weighted by atomic mass is 16.3. The minimum Gasteiger partial charge on any atom is -0.456 e. The van der Waals surface area contributed by atoms with E-state index in [-0.39, 0.29) is 0 Å². The van der Waals surface area contributed by atoms with Gasteiger partial charge in [-0.25, -0.2) is 4.98 Å². The van der Waals surface area contributed by atoms with Crippen LogP contribution in [0.15, 0.2) is 217 Å². The Morgan fingerprint density at radius 2 is 0.831 bits per heavy atom. The van der Waals surface area contributed by atoms with Crippen molar-refractivity contribution < 1.29 is 4.42 Å². The van der Waals surface area contributed by atoms with Crippen molar-refractivity contribution in [2.75, 3.05) is 0 Å². The van der Waals surface area contributed by atoms with Gasteiger partial charge in [0, 0.05) is 37.9 Å². The number of hydrogen-bond acceptors (Lipinski definition) is 4. The number of rotatable bonds is 5. The third-order valence-electron chi connectivity index (χ3n) is 13.1. The van der Waals surface area contributed by atoms with Crippen molar-refractivity contribution in [3.05, 3.63) is 212 Å². The minimum absolute atomic E-state index is 0.531. The maximum atomic E-state index is 6.83. The molecule has 6 heteroatoms. The molecule has 0 aliphatic rings. The smallest absolute Gasteiger partial charge is 0.238 e. The highest BCUT2D eigenvalue weighted by Crippen LogP contribution is 2.45. The molecule has 0 radical (unpaired) electrons. The molecular formula is C59H35N5O. The summed E-state index contributed by atoms with van der Waals surface area (Å²) < 4.78 is 11.4. The Bertz CT molecular complexity index is 4180. The molecule has 6 nitrogen and oxygen atoms in total. The van der Waals surface area contributed by atoms with Gasteiger partial charge in [-0.05, 0) is 87.3 Å². The fraction of sp³-hybridized carbons (Fsp3) is 0. The Morgan fingerprint density at radius 3 is 1.51 bits per heavy atom. The van der Waals surface area contributed by atoms with Crippen LogP contribution in [0.25, 0.3) is 133 Å². The van der Waals surface area contributed by atoms with E-state index >= 15 is 0 Å². The molecular weight excluding hydrogens is 795 g/mol. The number of furan rings is 1. The van der Waals surface area contributed by atoms with Gasteiger partial charge in [0.25, 0.3) is 0 Å². The highest BCUT2D eigenvalue weighted by Gasteiger charge is 2.26. The quantitative estimate of drug-likeness (QED) is 0.173. The van der Waals surface area contributed by atoms with Crippen molar-refractivity contribution >= 4 is 87.1 Å². The summed E-state index contributed by atoms with van der Waals surface area (Å²) in [6.07, 6.45) is 0. The van der Waals surface area contributed by atoms with Gasteiger partial charge in [-0.2, -0.15) is 9.97 Å². The zero-order chi connectivity index (χ0) is 42.6. The second kappa shape index (κ2) is 13.8. The molecule has 65 heavy (non-hydrogen) atoms. The molecule has 4 heterocycles. The Balaban J connectivity index is 1.13. The first-order chi connectivity index (χ1) is 32.2. The van der Waals surface area contributed by atoms with Crippen molar-refractivity contribution in [2.45, 2.75) is 0 Å². The maximum Gasteiger partial charge on any atom is 0.238 e. The van der Waals surface area contributed by atoms with Crippen LogP contribution in [0.3, 0.4) is 0 Å². The van der Waals surface area contributed by atoms with E-state index in [0.29, 0.717) is 17.6 Å². The number of benzene rings is 10. The van der Waals surface area contributed by atoms with E-state index in [1.807, 2.05) is 6.07 Å². The van der Waals surface area contributed by atoms with Crippen LogP contribution in [-0.4, -0.2) is 24.1 Å². The summed E-state index contributed by atoms with van der Waals surface area (Å²) in [6.45, 7) is 0. The summed E-state index contributed by atoms with van der Waals surface area (Å²) in [5, 5.41) is 11.2. The van der Waals surface area contributed by atoms with Crippen molar-refractivity contribution in [1.29, 1.82) is 0 Å². The van der Waals surface area contributed by atoms with Crippen molar-refractivity contribution in [3.8, 4) is 45.5 Å². The average Bonchev–Trinajstić information content (AvgIpc) is 4.02. The van der Waals surface area contributed by atoms with Gasteiger partial charge >= 0.3 is 0 Å². The van der Waals surface area contributed by atoms with Gasteiger partial charge in [-0.1, -0.05) is 158 Å². The van der Waals surface area contributed by atoms with Crippen LogP contribution in [0.1, 0.15) is 0 Å². The first-order valence-electron chi connectivity index (χ1n) is 21.9. The molecule has 0 saturated carbocycles. The fourth-order valence-electron chi connectivity index (χ4n) is 10.2. The third-order valence-corrected chi connectivity index (χ3v) is 13.1. The van der Waals surface area contributed by atoms with Crippen LogP contribution in [0.2, 0.25) is 0 Å². The Morgan fingerprint density at radius 1 is 0.323 bits per heavy atom. The lowest BCUT2D eigenvalue weighted by atomic mass is 10.0. The Kier molecular flexibility index (Phi) is 7.59. The number of hydrogen-bond donors (Lipinski definition) is 0. The molecule has 14 rings (SSSR count). The van der Waals surface area contributed by atoms with Gasteiger partial charge in [0.15, 0.2) is 11.6 Å². The van der Waals surface area contributed by atoms with Gasteiger partial charge in [0.05, 0.1) is 33.3 Å². The van der Waals surface area contributed by atoms with E-state index < -0.39 is 0 Å². The van der Waals surface area contributed by atoms with Crippen molar-refractivity contribution in [1.82, 2.24) is 24.1 Å². The largest absolute Gasteiger partial charge is 0.456 e. The summed E-state index contributed by atoms with van der Waals surface area (Å²) in [4.78, 5) is 16.5. The van der Waals surface area contributed by atoms with Gasteiger partial charge in [-0.15, -0.1) is 0 Å². The molecule has 0 aliphatic carbocycles. The Hall–Kier alpha value is -8.87. The summed E-state index contributed by atoms with van der Waals surface area (Å²) >= 11 is 0. The minimum atomic E-state index is 0.531. The summed E-state index contributed by atoms with van der Waals surface area (Å²) in [6, 6.07) is 75.0. The van der Waals surface area contributed by atoms with Gasteiger partial charge < -0.3 is 8.98 Å². The normalized spacial score (nSPS) is 12.0. The Labute approximate surface area is 371 Å². The summed E-state index contributed by atoms with van der Waals surface area (Å²) in [5.41, 5.74) is 10.7. The van der Waals surface area contributed by atoms with Gasteiger partial charge in [-0.3, -0.25) is 4.57 Å². The van der Waals surface area contributed by atoms with E-state index in [0.717, 1.165) is 93.5 Å². The number of fused-ring (bicyclic) bond motifs is 11. The molecule has 0 spiro atoms. The lowest BCUT2D eigenvalue weighted by Gasteiger charge is -2.16. The van der Waals surface area contributed by atoms with Crippen LogP contribution < -0.4 is 0 Å². The molecule has 0 amide bonds. The standard InChI is InChI=1S/C59H35N5O/c1-2-14-36(15-3-1)37-26-28-38(29-27-37)57-60-58(62-59(61-57)64-49-24-12-8-20-43(49)44-21-9-13-25-50(44)64)56-51(30-31-53-55(56)47-33-40-17-5-7-19-42(40)35-54(47)65-53)63-48-23-11-10-22-45(48)46-32-39-16-4-6-18-41(39)34-52(46)63/h1-35H. The number of nitrogens with zero attached hydrogens (tertiary/aromatic N) is 5. The van der Waals surface area contributed by atoms with E-state index in [1.165, 1.54) is 21.5 Å². The molecule has 10 aromatic carbocycles. The molecule has 302 valence electrons. The van der Waals surface area contributed by atoms with Crippen LogP contribution in [0.4, 0.5) is 0 Å². The highest BCUT2D eigenvalue weighted by molar-refractivity contribution is 6.19. The molecule has 14 aromatic rings. The van der Waals surface area contributed by atoms with Crippen LogP contribution in [0, 0.1) is 0 Å². The molecule has 0 saturated heterocycles. The van der Waals surface area contributed by atoms with E-state index in [2.05, 4.69) is 215 Å². The summed E-state index contributed by atoms with van der Waals surface area (Å²) in [7, 11) is 0. The molecule has 0 N–H and O–H groups in total. The topological polar surface area (TPSA) is 61.7 Å². The van der Waals surface area contributed by atoms with Crippen molar-refractivity contribution in [2.24, 2.45) is 0 Å².